The number of amides is 2. The van der Waals surface area contributed by atoms with Gasteiger partial charge in [0, 0.05) is 24.0 Å². The van der Waals surface area contributed by atoms with Crippen LogP contribution in [0.15, 0.2) is 65.6 Å². The van der Waals surface area contributed by atoms with Crippen molar-refractivity contribution in [3.8, 4) is 11.3 Å². The zero-order chi connectivity index (χ0) is 16.1. The first-order valence-electron chi connectivity index (χ1n) is 7.30. The molecule has 2 heterocycles. The van der Waals surface area contributed by atoms with Gasteiger partial charge in [0.2, 0.25) is 0 Å². The second-order valence-corrected chi connectivity index (χ2v) is 5.24. The number of furan rings is 1. The van der Waals surface area contributed by atoms with Crippen LogP contribution in [0.5, 0.6) is 0 Å². The number of hydrogen-bond donors (Lipinski definition) is 2. The van der Waals surface area contributed by atoms with Gasteiger partial charge < -0.3 is 15.1 Å². The molecule has 1 aromatic carbocycles. The van der Waals surface area contributed by atoms with Crippen LogP contribution in [-0.4, -0.2) is 11.0 Å². The Morgan fingerprint density at radius 3 is 2.83 bits per heavy atom. The molecule has 0 aliphatic carbocycles. The van der Waals surface area contributed by atoms with Gasteiger partial charge in [0.15, 0.2) is 0 Å². The molecule has 3 rings (SSSR count). The van der Waals surface area contributed by atoms with Crippen molar-refractivity contribution >= 4 is 11.7 Å². The van der Waals surface area contributed by atoms with E-state index in [-0.39, 0.29) is 6.03 Å². The average Bonchev–Trinajstić information content (AvgIpc) is 3.08. The highest BCUT2D eigenvalue weighted by Crippen LogP contribution is 2.17. The van der Waals surface area contributed by atoms with Crippen molar-refractivity contribution < 1.29 is 9.21 Å². The molecule has 116 valence electrons. The SMILES string of the molecule is Cc1cccc(NC(=O)NCc2ccc(-c3ccoc3)nc2)c1. The van der Waals surface area contributed by atoms with Gasteiger partial charge >= 0.3 is 6.03 Å². The van der Waals surface area contributed by atoms with Crippen LogP contribution in [0.3, 0.4) is 0 Å². The molecule has 0 saturated heterocycles. The number of pyridine rings is 1. The summed E-state index contributed by atoms with van der Waals surface area (Å²) >= 11 is 0. The molecule has 0 unspecified atom stereocenters. The number of carbonyl (C=O) groups is 1. The summed E-state index contributed by atoms with van der Waals surface area (Å²) in [5.74, 6) is 0. The van der Waals surface area contributed by atoms with E-state index in [4.69, 9.17) is 4.42 Å². The third kappa shape index (κ3) is 3.97. The van der Waals surface area contributed by atoms with E-state index in [1.54, 1.807) is 18.7 Å². The quantitative estimate of drug-likeness (QED) is 0.766. The van der Waals surface area contributed by atoms with Crippen molar-refractivity contribution in [2.45, 2.75) is 13.5 Å². The van der Waals surface area contributed by atoms with E-state index in [0.29, 0.717) is 6.54 Å². The largest absolute Gasteiger partial charge is 0.472 e. The molecule has 5 nitrogen and oxygen atoms in total. The lowest BCUT2D eigenvalue weighted by Gasteiger charge is -2.08. The standard InChI is InChI=1S/C18H17N3O2/c1-13-3-2-4-16(9-13)21-18(22)20-11-14-5-6-17(19-10-14)15-7-8-23-12-15/h2-10,12H,11H2,1H3,(H2,20,21,22). The first kappa shape index (κ1) is 14.8. The highest BCUT2D eigenvalue weighted by Gasteiger charge is 2.04. The molecule has 23 heavy (non-hydrogen) atoms. The van der Waals surface area contributed by atoms with E-state index in [2.05, 4.69) is 15.6 Å². The summed E-state index contributed by atoms with van der Waals surface area (Å²) in [7, 11) is 0. The van der Waals surface area contributed by atoms with Crippen molar-refractivity contribution in [1.29, 1.82) is 0 Å². The monoisotopic (exact) mass is 307 g/mol. The summed E-state index contributed by atoms with van der Waals surface area (Å²) in [5.41, 5.74) is 4.57. The molecule has 0 bridgehead atoms. The van der Waals surface area contributed by atoms with Crippen LogP contribution >= 0.6 is 0 Å². The number of benzene rings is 1. The fourth-order valence-corrected chi connectivity index (χ4v) is 2.19. The molecule has 0 radical (unpaired) electrons. The Balaban J connectivity index is 1.54. The zero-order valence-corrected chi connectivity index (χ0v) is 12.7. The predicted molar refractivity (Wildman–Crippen MR) is 89.0 cm³/mol. The molecule has 0 atom stereocenters. The average molecular weight is 307 g/mol. The van der Waals surface area contributed by atoms with Crippen LogP contribution in [-0.2, 0) is 6.54 Å². The van der Waals surface area contributed by atoms with Gasteiger partial charge in [-0.2, -0.15) is 0 Å². The van der Waals surface area contributed by atoms with Crippen LogP contribution in [0.1, 0.15) is 11.1 Å². The minimum atomic E-state index is -0.241. The lowest BCUT2D eigenvalue weighted by Crippen LogP contribution is -2.28. The number of nitrogens with zero attached hydrogens (tertiary/aromatic N) is 1. The van der Waals surface area contributed by atoms with E-state index in [9.17, 15) is 4.79 Å². The third-order valence-corrected chi connectivity index (χ3v) is 3.37. The molecule has 2 amide bonds. The topological polar surface area (TPSA) is 67.2 Å². The lowest BCUT2D eigenvalue weighted by molar-refractivity contribution is 0.251. The Kier molecular flexibility index (Phi) is 4.38. The van der Waals surface area contributed by atoms with Gasteiger partial charge in [0.1, 0.15) is 0 Å². The van der Waals surface area contributed by atoms with Crippen molar-refractivity contribution in [3.63, 3.8) is 0 Å². The first-order valence-corrected chi connectivity index (χ1v) is 7.30. The lowest BCUT2D eigenvalue weighted by atomic mass is 10.2. The van der Waals surface area contributed by atoms with Gasteiger partial charge in [-0.15, -0.1) is 0 Å². The van der Waals surface area contributed by atoms with Gasteiger partial charge in [0.25, 0.3) is 0 Å². The Morgan fingerprint density at radius 2 is 2.13 bits per heavy atom. The highest BCUT2D eigenvalue weighted by atomic mass is 16.3. The summed E-state index contributed by atoms with van der Waals surface area (Å²) in [5, 5.41) is 5.62. The molecule has 2 N–H and O–H groups in total. The van der Waals surface area contributed by atoms with E-state index in [1.807, 2.05) is 49.4 Å². The van der Waals surface area contributed by atoms with Crippen LogP contribution < -0.4 is 10.6 Å². The summed E-state index contributed by atoms with van der Waals surface area (Å²) in [6.45, 7) is 2.40. The first-order chi connectivity index (χ1) is 11.2. The third-order valence-electron chi connectivity index (χ3n) is 3.37. The Morgan fingerprint density at radius 1 is 1.22 bits per heavy atom. The van der Waals surface area contributed by atoms with Crippen LogP contribution in [0, 0.1) is 6.92 Å². The molecule has 0 spiro atoms. The zero-order valence-electron chi connectivity index (χ0n) is 12.7. The molecule has 5 heteroatoms. The van der Waals surface area contributed by atoms with Crippen LogP contribution in [0.4, 0.5) is 10.5 Å². The molecule has 2 aromatic heterocycles. The number of nitrogens with one attached hydrogen (secondary N) is 2. The summed E-state index contributed by atoms with van der Waals surface area (Å²) in [6.07, 6.45) is 5.01. The fraction of sp³-hybridized carbons (Fsp3) is 0.111. The molecule has 3 aromatic rings. The van der Waals surface area contributed by atoms with Gasteiger partial charge in [-0.05, 0) is 42.3 Å². The number of aryl methyl sites for hydroxylation is 1. The van der Waals surface area contributed by atoms with E-state index in [0.717, 1.165) is 28.1 Å². The number of hydrogen-bond acceptors (Lipinski definition) is 3. The van der Waals surface area contributed by atoms with Crippen molar-refractivity contribution in [2.24, 2.45) is 0 Å². The second kappa shape index (κ2) is 6.79. The van der Waals surface area contributed by atoms with Crippen LogP contribution in [0.25, 0.3) is 11.3 Å². The Labute approximate surface area is 134 Å². The van der Waals surface area contributed by atoms with E-state index in [1.165, 1.54) is 0 Å². The van der Waals surface area contributed by atoms with Crippen LogP contribution in [0.2, 0.25) is 0 Å². The predicted octanol–water partition coefficient (Wildman–Crippen LogP) is 3.97. The Bertz CT molecular complexity index is 780. The smallest absolute Gasteiger partial charge is 0.319 e. The van der Waals surface area contributed by atoms with Crippen molar-refractivity contribution in [1.82, 2.24) is 10.3 Å². The number of aromatic nitrogens is 1. The molecule has 0 fully saturated rings. The number of urea groups is 1. The van der Waals surface area contributed by atoms with Gasteiger partial charge in [0.05, 0.1) is 18.2 Å². The minimum absolute atomic E-state index is 0.241. The Hall–Kier alpha value is -3.08. The summed E-state index contributed by atoms with van der Waals surface area (Å²) < 4.78 is 5.04. The second-order valence-electron chi connectivity index (χ2n) is 5.24. The highest BCUT2D eigenvalue weighted by molar-refractivity contribution is 5.89. The maximum Gasteiger partial charge on any atom is 0.319 e. The van der Waals surface area contributed by atoms with Gasteiger partial charge in [-0.3, -0.25) is 4.98 Å². The summed E-state index contributed by atoms with van der Waals surface area (Å²) in [6, 6.07) is 13.1. The maximum absolute atomic E-state index is 11.9. The molecule has 0 saturated carbocycles. The van der Waals surface area contributed by atoms with E-state index < -0.39 is 0 Å². The summed E-state index contributed by atoms with van der Waals surface area (Å²) in [4.78, 5) is 16.3. The number of anilines is 1. The van der Waals surface area contributed by atoms with Gasteiger partial charge in [-0.1, -0.05) is 18.2 Å². The van der Waals surface area contributed by atoms with E-state index >= 15 is 0 Å². The molecule has 0 aliphatic rings. The van der Waals surface area contributed by atoms with Crippen molar-refractivity contribution in [3.05, 3.63) is 72.3 Å². The molecular weight excluding hydrogens is 290 g/mol. The minimum Gasteiger partial charge on any atom is -0.472 e. The normalized spacial score (nSPS) is 10.3. The number of carbonyl (C=O) groups excluding carboxylic acids is 1. The maximum atomic E-state index is 11.9. The fourth-order valence-electron chi connectivity index (χ4n) is 2.19. The molecule has 0 aliphatic heterocycles. The van der Waals surface area contributed by atoms with Gasteiger partial charge in [-0.25, -0.2) is 4.79 Å². The number of rotatable bonds is 4. The van der Waals surface area contributed by atoms with Crippen molar-refractivity contribution in [2.75, 3.05) is 5.32 Å². The molecular formula is C18H17N3O2.